The van der Waals surface area contributed by atoms with Crippen LogP contribution in [0.1, 0.15) is 19.3 Å². The molecular weight excluding hydrogens is 270 g/mol. The summed E-state index contributed by atoms with van der Waals surface area (Å²) in [6, 6.07) is 1.74. The van der Waals surface area contributed by atoms with Gasteiger partial charge >= 0.3 is 0 Å². The minimum Gasteiger partial charge on any atom is -0.396 e. The Hall–Kier alpha value is -0.520. The Bertz CT molecular complexity index is 405. The van der Waals surface area contributed by atoms with E-state index in [1.807, 2.05) is 6.26 Å². The van der Waals surface area contributed by atoms with E-state index in [0.29, 0.717) is 22.1 Å². The average Bonchev–Trinajstić information content (AvgIpc) is 2.83. The van der Waals surface area contributed by atoms with Crippen LogP contribution in [-0.2, 0) is 0 Å². The summed E-state index contributed by atoms with van der Waals surface area (Å²) in [5.41, 5.74) is 0. The fourth-order valence-corrected chi connectivity index (χ4v) is 3.05. The van der Waals surface area contributed by atoms with E-state index in [1.54, 1.807) is 6.07 Å². The molecule has 2 rings (SSSR count). The highest BCUT2D eigenvalue weighted by molar-refractivity contribution is 7.98. The molecule has 1 saturated carbocycles. The number of aliphatic hydroxyl groups is 1. The van der Waals surface area contributed by atoms with Gasteiger partial charge in [-0.3, -0.25) is 0 Å². The number of aromatic nitrogens is 2. The van der Waals surface area contributed by atoms with Crippen LogP contribution in [0.15, 0.2) is 11.2 Å². The topological polar surface area (TPSA) is 58.0 Å². The first-order valence-electron chi connectivity index (χ1n) is 6.16. The Labute approximate surface area is 117 Å². The van der Waals surface area contributed by atoms with Crippen LogP contribution in [-0.4, -0.2) is 34.5 Å². The summed E-state index contributed by atoms with van der Waals surface area (Å²) in [5, 5.41) is 13.7. The van der Waals surface area contributed by atoms with Gasteiger partial charge in [-0.05, 0) is 30.9 Å². The van der Waals surface area contributed by atoms with Gasteiger partial charge in [0, 0.05) is 19.2 Å². The third kappa shape index (κ3) is 3.49. The van der Waals surface area contributed by atoms with Gasteiger partial charge in [0.05, 0.1) is 0 Å². The molecule has 1 heterocycles. The third-order valence-electron chi connectivity index (χ3n) is 3.45. The van der Waals surface area contributed by atoms with E-state index in [1.165, 1.54) is 24.6 Å². The van der Waals surface area contributed by atoms with Crippen molar-refractivity contribution >= 4 is 29.2 Å². The van der Waals surface area contributed by atoms with Gasteiger partial charge in [0.25, 0.3) is 0 Å². The van der Waals surface area contributed by atoms with Crippen molar-refractivity contribution in [3.63, 3.8) is 0 Å². The second-order valence-electron chi connectivity index (χ2n) is 4.58. The smallest absolute Gasteiger partial charge is 0.190 e. The van der Waals surface area contributed by atoms with Crippen molar-refractivity contribution in [2.45, 2.75) is 24.4 Å². The number of aliphatic hydroxyl groups excluding tert-OH is 1. The van der Waals surface area contributed by atoms with Gasteiger partial charge in [-0.25, -0.2) is 9.97 Å². The molecular formula is C12H18ClN3OS. The summed E-state index contributed by atoms with van der Waals surface area (Å²) in [7, 11) is 0. The van der Waals surface area contributed by atoms with Crippen molar-refractivity contribution in [1.82, 2.24) is 9.97 Å². The maximum absolute atomic E-state index is 9.28. The standard InChI is InChI=1S/C12H18ClN3OS/c1-18-12-15-10(13)5-11(16-12)14-6-8-3-2-4-9(8)7-17/h5,8-9,17H,2-4,6-7H2,1H3,(H,14,15,16). The summed E-state index contributed by atoms with van der Waals surface area (Å²) in [5.74, 6) is 1.72. The SMILES string of the molecule is CSc1nc(Cl)cc(NCC2CCCC2CO)n1. The van der Waals surface area contributed by atoms with Crippen molar-refractivity contribution < 1.29 is 5.11 Å². The van der Waals surface area contributed by atoms with Gasteiger partial charge < -0.3 is 10.4 Å². The maximum atomic E-state index is 9.28. The van der Waals surface area contributed by atoms with E-state index in [9.17, 15) is 5.11 Å². The van der Waals surface area contributed by atoms with E-state index >= 15 is 0 Å². The molecule has 1 aromatic heterocycles. The van der Waals surface area contributed by atoms with Gasteiger partial charge in [0.1, 0.15) is 11.0 Å². The van der Waals surface area contributed by atoms with Gasteiger partial charge in [-0.15, -0.1) is 0 Å². The molecule has 0 saturated heterocycles. The molecule has 100 valence electrons. The Morgan fingerprint density at radius 2 is 2.22 bits per heavy atom. The monoisotopic (exact) mass is 287 g/mol. The zero-order chi connectivity index (χ0) is 13.0. The number of hydrogen-bond acceptors (Lipinski definition) is 5. The molecule has 6 heteroatoms. The molecule has 0 aromatic carbocycles. The Morgan fingerprint density at radius 1 is 1.44 bits per heavy atom. The van der Waals surface area contributed by atoms with Crippen molar-refractivity contribution in [3.05, 3.63) is 11.2 Å². The van der Waals surface area contributed by atoms with E-state index in [4.69, 9.17) is 11.6 Å². The zero-order valence-electron chi connectivity index (χ0n) is 10.4. The predicted octanol–water partition coefficient (Wildman–Crippen LogP) is 2.67. The average molecular weight is 288 g/mol. The normalized spacial score (nSPS) is 23.3. The Morgan fingerprint density at radius 3 is 2.94 bits per heavy atom. The highest BCUT2D eigenvalue weighted by Gasteiger charge is 2.26. The number of nitrogens with one attached hydrogen (secondary N) is 1. The van der Waals surface area contributed by atoms with E-state index in [2.05, 4.69) is 15.3 Å². The van der Waals surface area contributed by atoms with E-state index in [0.717, 1.165) is 18.8 Å². The third-order valence-corrected chi connectivity index (χ3v) is 4.19. The molecule has 2 N–H and O–H groups in total. The fraction of sp³-hybridized carbons (Fsp3) is 0.667. The molecule has 18 heavy (non-hydrogen) atoms. The molecule has 1 aromatic rings. The zero-order valence-corrected chi connectivity index (χ0v) is 12.0. The number of rotatable bonds is 5. The lowest BCUT2D eigenvalue weighted by molar-refractivity contribution is 0.199. The molecule has 0 aliphatic heterocycles. The van der Waals surface area contributed by atoms with Gasteiger partial charge in [0.2, 0.25) is 0 Å². The van der Waals surface area contributed by atoms with E-state index in [-0.39, 0.29) is 6.61 Å². The van der Waals surface area contributed by atoms with Gasteiger partial charge in [-0.2, -0.15) is 0 Å². The molecule has 0 amide bonds. The molecule has 0 bridgehead atoms. The van der Waals surface area contributed by atoms with E-state index < -0.39 is 0 Å². The van der Waals surface area contributed by atoms with Gasteiger partial charge in [0.15, 0.2) is 5.16 Å². The summed E-state index contributed by atoms with van der Waals surface area (Å²) in [6.45, 7) is 1.12. The number of nitrogens with zero attached hydrogens (tertiary/aromatic N) is 2. The maximum Gasteiger partial charge on any atom is 0.190 e. The Balaban J connectivity index is 1.95. The lowest BCUT2D eigenvalue weighted by atomic mass is 9.97. The number of halogens is 1. The van der Waals surface area contributed by atoms with Crippen LogP contribution in [0.25, 0.3) is 0 Å². The van der Waals surface area contributed by atoms with Crippen LogP contribution in [0, 0.1) is 11.8 Å². The van der Waals surface area contributed by atoms with Gasteiger partial charge in [-0.1, -0.05) is 29.8 Å². The second-order valence-corrected chi connectivity index (χ2v) is 5.74. The first-order chi connectivity index (χ1) is 8.72. The van der Waals surface area contributed by atoms with Crippen LogP contribution in [0.2, 0.25) is 5.15 Å². The first kappa shape index (κ1) is 13.9. The lowest BCUT2D eigenvalue weighted by Gasteiger charge is -2.18. The summed E-state index contributed by atoms with van der Waals surface area (Å²) in [6.07, 6.45) is 5.43. The molecule has 0 spiro atoms. The minimum absolute atomic E-state index is 0.285. The first-order valence-corrected chi connectivity index (χ1v) is 7.76. The summed E-state index contributed by atoms with van der Waals surface area (Å²) < 4.78 is 0. The molecule has 1 aliphatic rings. The highest BCUT2D eigenvalue weighted by atomic mass is 35.5. The minimum atomic E-state index is 0.285. The number of thioether (sulfide) groups is 1. The van der Waals surface area contributed by atoms with Crippen LogP contribution in [0.5, 0.6) is 0 Å². The Kier molecular flexibility index (Phi) is 5.09. The van der Waals surface area contributed by atoms with Crippen LogP contribution < -0.4 is 5.32 Å². The molecule has 2 atom stereocenters. The largest absolute Gasteiger partial charge is 0.396 e. The molecule has 4 nitrogen and oxygen atoms in total. The summed E-state index contributed by atoms with van der Waals surface area (Å²) >= 11 is 7.41. The summed E-state index contributed by atoms with van der Waals surface area (Å²) in [4.78, 5) is 8.46. The molecule has 0 radical (unpaired) electrons. The van der Waals surface area contributed by atoms with Crippen molar-refractivity contribution in [2.75, 3.05) is 24.7 Å². The fourth-order valence-electron chi connectivity index (χ4n) is 2.44. The molecule has 1 aliphatic carbocycles. The number of hydrogen-bond donors (Lipinski definition) is 2. The van der Waals surface area contributed by atoms with Crippen molar-refractivity contribution in [3.8, 4) is 0 Å². The molecule has 2 unspecified atom stereocenters. The van der Waals surface area contributed by atoms with Crippen LogP contribution in [0.3, 0.4) is 0 Å². The van der Waals surface area contributed by atoms with Crippen molar-refractivity contribution in [2.24, 2.45) is 11.8 Å². The quantitative estimate of drug-likeness (QED) is 0.495. The lowest BCUT2D eigenvalue weighted by Crippen LogP contribution is -2.21. The highest BCUT2D eigenvalue weighted by Crippen LogP contribution is 2.31. The second kappa shape index (κ2) is 6.59. The van der Waals surface area contributed by atoms with Crippen LogP contribution >= 0.6 is 23.4 Å². The molecule has 1 fully saturated rings. The predicted molar refractivity (Wildman–Crippen MR) is 75.2 cm³/mol. The number of anilines is 1. The van der Waals surface area contributed by atoms with Crippen molar-refractivity contribution in [1.29, 1.82) is 0 Å². The van der Waals surface area contributed by atoms with Crippen LogP contribution in [0.4, 0.5) is 5.82 Å².